The van der Waals surface area contributed by atoms with Gasteiger partial charge < -0.3 is 33.9 Å². The Balaban J connectivity index is -0.000000346. The summed E-state index contributed by atoms with van der Waals surface area (Å²) in [4.78, 5) is 21.3. The van der Waals surface area contributed by atoms with Gasteiger partial charge in [-0.1, -0.05) is 19.1 Å². The first kappa shape index (κ1) is 29.3. The normalized spacial score (nSPS) is 11.6. The number of hydrogen-bond donors (Lipinski definition) is 1. The molecule has 0 aliphatic carbocycles. The van der Waals surface area contributed by atoms with Gasteiger partial charge in [0.05, 0.1) is 40.3 Å². The molecule has 156 valence electrons. The van der Waals surface area contributed by atoms with E-state index in [-0.39, 0.29) is 19.3 Å². The summed E-state index contributed by atoms with van der Waals surface area (Å²) >= 11 is 0. The van der Waals surface area contributed by atoms with Crippen LogP contribution in [0.25, 0.3) is 0 Å². The number of aliphatic carboxylic acids is 2. The summed E-state index contributed by atoms with van der Waals surface area (Å²) in [7, 11) is 9.44. The Labute approximate surface area is 158 Å². The van der Waals surface area contributed by atoms with E-state index in [1.165, 1.54) is 0 Å². The third-order valence-electron chi connectivity index (χ3n) is 2.36. The minimum atomic E-state index is -1.00. The zero-order valence-electron chi connectivity index (χ0n) is 17.7. The highest BCUT2D eigenvalue weighted by atomic mass is 16.7. The highest BCUT2D eigenvalue weighted by Crippen LogP contribution is 1.97. The van der Waals surface area contributed by atoms with E-state index in [2.05, 4.69) is 11.5 Å². The maximum Gasteiger partial charge on any atom is 0.303 e. The smallest absolute Gasteiger partial charge is 0.303 e. The molecular formula is C18H38N2O6. The summed E-state index contributed by atoms with van der Waals surface area (Å²) in [6.45, 7) is 11.4. The van der Waals surface area contributed by atoms with Gasteiger partial charge in [-0.3, -0.25) is 4.79 Å². The lowest BCUT2D eigenvalue weighted by atomic mass is 10.4. The van der Waals surface area contributed by atoms with Crippen LogP contribution in [0.3, 0.4) is 0 Å². The number of carboxylic acids is 2. The summed E-state index contributed by atoms with van der Waals surface area (Å²) < 4.78 is 11.2. The van der Waals surface area contributed by atoms with Crippen molar-refractivity contribution >= 4 is 11.9 Å². The topological polar surface area (TPSA) is 99.1 Å². The largest absolute Gasteiger partial charge is 0.544 e. The molecular weight excluding hydrogens is 340 g/mol. The maximum absolute atomic E-state index is 9.89. The Bertz CT molecular complexity index is 392. The number of hydrogen-bond acceptors (Lipinski definition) is 6. The van der Waals surface area contributed by atoms with E-state index >= 15 is 0 Å². The van der Waals surface area contributed by atoms with Crippen molar-refractivity contribution in [1.82, 2.24) is 4.90 Å². The lowest BCUT2D eigenvalue weighted by molar-refractivity contribution is -0.864. The molecule has 8 heteroatoms. The molecule has 0 spiro atoms. The van der Waals surface area contributed by atoms with E-state index in [0.717, 1.165) is 12.1 Å². The Kier molecular flexibility index (Phi) is 19.1. The molecule has 1 N–H and O–H groups in total. The Morgan fingerprint density at radius 3 is 1.92 bits per heavy atom. The first-order valence-electron chi connectivity index (χ1n) is 8.45. The Hall–Kier alpha value is -1.48. The Morgan fingerprint density at radius 2 is 1.69 bits per heavy atom. The molecule has 0 aromatic carbocycles. The predicted octanol–water partition coefficient (Wildman–Crippen LogP) is 0.427. The molecule has 0 aromatic heterocycles. The third kappa shape index (κ3) is 38.2. The first-order chi connectivity index (χ1) is 11.7. The first-order valence-corrected chi connectivity index (χ1v) is 8.45. The van der Waals surface area contributed by atoms with Gasteiger partial charge in [-0.25, -0.2) is 0 Å². The molecule has 0 amide bonds. The van der Waals surface area contributed by atoms with E-state index in [4.69, 9.17) is 14.6 Å². The average Bonchev–Trinajstić information content (AvgIpc) is 2.43. The van der Waals surface area contributed by atoms with Crippen molar-refractivity contribution in [2.75, 3.05) is 61.5 Å². The molecule has 0 radical (unpaired) electrons. The number of carbonyl (C=O) groups excluding carboxylic acids is 1. The quantitative estimate of drug-likeness (QED) is 0.334. The van der Waals surface area contributed by atoms with Gasteiger partial charge in [-0.15, -0.1) is 0 Å². The van der Waals surface area contributed by atoms with E-state index < -0.39 is 11.9 Å². The monoisotopic (exact) mass is 378 g/mol. The van der Waals surface area contributed by atoms with Crippen molar-refractivity contribution in [3.8, 4) is 0 Å². The van der Waals surface area contributed by atoms with Crippen molar-refractivity contribution in [3.05, 3.63) is 12.2 Å². The van der Waals surface area contributed by atoms with E-state index in [9.17, 15) is 14.7 Å². The standard InChI is InChI=1S/C10H21NO2.C5H11NO2.C3H6O2/c1-9(2)8-13-10(3)12-7-6-11(4)5;1-6(2,3)4-5(7)8;1-2-3(4)5/h10H,1,6-8H2,2-5H3;4H2,1-3H3;2H2,1H3,(H,4,5). The van der Waals surface area contributed by atoms with E-state index in [1.807, 2.05) is 27.9 Å². The Morgan fingerprint density at radius 1 is 1.23 bits per heavy atom. The highest BCUT2D eigenvalue weighted by Gasteiger charge is 2.04. The van der Waals surface area contributed by atoms with E-state index in [1.54, 1.807) is 28.1 Å². The van der Waals surface area contributed by atoms with Crippen molar-refractivity contribution < 1.29 is 33.8 Å². The lowest BCUT2D eigenvalue weighted by Crippen LogP contribution is -2.45. The fourth-order valence-corrected chi connectivity index (χ4v) is 1.10. The molecule has 1 unspecified atom stereocenters. The summed E-state index contributed by atoms with van der Waals surface area (Å²) in [5.74, 6) is -1.75. The van der Waals surface area contributed by atoms with Crippen LogP contribution in [-0.2, 0) is 19.1 Å². The highest BCUT2D eigenvalue weighted by molar-refractivity contribution is 5.66. The molecule has 0 saturated heterocycles. The lowest BCUT2D eigenvalue weighted by Gasteiger charge is -2.23. The number of carbonyl (C=O) groups is 2. The van der Waals surface area contributed by atoms with Crippen LogP contribution in [0.1, 0.15) is 27.2 Å². The van der Waals surface area contributed by atoms with Crippen LogP contribution in [-0.4, -0.2) is 94.3 Å². The van der Waals surface area contributed by atoms with Crippen LogP contribution in [0.5, 0.6) is 0 Å². The third-order valence-corrected chi connectivity index (χ3v) is 2.36. The predicted molar refractivity (Wildman–Crippen MR) is 101 cm³/mol. The van der Waals surface area contributed by atoms with Crippen LogP contribution in [0.15, 0.2) is 12.2 Å². The second-order valence-corrected chi connectivity index (χ2v) is 7.08. The molecule has 0 aliphatic heterocycles. The number of quaternary nitrogens is 1. The molecule has 0 bridgehead atoms. The van der Waals surface area contributed by atoms with Gasteiger partial charge in [0.15, 0.2) is 6.29 Å². The summed E-state index contributed by atoms with van der Waals surface area (Å²) in [6.07, 6.45) is 0.0802. The van der Waals surface area contributed by atoms with Gasteiger partial charge in [-0.05, 0) is 27.9 Å². The van der Waals surface area contributed by atoms with Crippen LogP contribution in [0, 0.1) is 0 Å². The maximum atomic E-state index is 9.89. The minimum Gasteiger partial charge on any atom is -0.544 e. The summed E-state index contributed by atoms with van der Waals surface area (Å²) in [5.41, 5.74) is 1.02. The SMILES string of the molecule is C=C(C)COC(C)OCCN(C)C.CCC(=O)O.C[N+](C)(C)CC(=O)[O-]. The molecule has 26 heavy (non-hydrogen) atoms. The number of nitrogens with zero attached hydrogens (tertiary/aromatic N) is 2. The minimum absolute atomic E-state index is 0.0694. The number of rotatable bonds is 10. The van der Waals surface area contributed by atoms with Crippen LogP contribution in [0.2, 0.25) is 0 Å². The molecule has 8 nitrogen and oxygen atoms in total. The van der Waals surface area contributed by atoms with Gasteiger partial charge in [0, 0.05) is 13.0 Å². The summed E-state index contributed by atoms with van der Waals surface area (Å²) in [5, 5.41) is 17.6. The van der Waals surface area contributed by atoms with E-state index in [0.29, 0.717) is 17.7 Å². The second kappa shape index (κ2) is 17.0. The van der Waals surface area contributed by atoms with Gasteiger partial charge in [0.2, 0.25) is 0 Å². The molecule has 0 saturated carbocycles. The molecule has 0 fully saturated rings. The van der Waals surface area contributed by atoms with Crippen molar-refractivity contribution in [2.45, 2.75) is 33.5 Å². The fourth-order valence-electron chi connectivity index (χ4n) is 1.10. The zero-order valence-corrected chi connectivity index (χ0v) is 17.7. The van der Waals surface area contributed by atoms with Crippen LogP contribution >= 0.6 is 0 Å². The van der Waals surface area contributed by atoms with Crippen molar-refractivity contribution in [2.24, 2.45) is 0 Å². The van der Waals surface area contributed by atoms with Gasteiger partial charge in [0.25, 0.3) is 0 Å². The molecule has 0 rings (SSSR count). The van der Waals surface area contributed by atoms with Gasteiger partial charge >= 0.3 is 5.97 Å². The molecule has 0 heterocycles. The second-order valence-electron chi connectivity index (χ2n) is 7.08. The zero-order chi connectivity index (χ0) is 21.3. The molecule has 0 aromatic rings. The van der Waals surface area contributed by atoms with Gasteiger partial charge in [0.1, 0.15) is 6.54 Å². The number of likely N-dealkylation sites (N-methyl/N-ethyl adjacent to an activating group) is 2. The van der Waals surface area contributed by atoms with Crippen molar-refractivity contribution in [1.29, 1.82) is 0 Å². The average molecular weight is 379 g/mol. The molecule has 0 aliphatic rings. The fraction of sp³-hybridized carbons (Fsp3) is 0.778. The van der Waals surface area contributed by atoms with Gasteiger partial charge in [-0.2, -0.15) is 0 Å². The van der Waals surface area contributed by atoms with Crippen LogP contribution in [0.4, 0.5) is 0 Å². The number of ether oxygens (including phenoxy) is 2. The van der Waals surface area contributed by atoms with Crippen molar-refractivity contribution in [3.63, 3.8) is 0 Å². The number of carboxylic acid groups (broad SMARTS) is 2. The summed E-state index contributed by atoms with van der Waals surface area (Å²) in [6, 6.07) is 0. The molecule has 1 atom stereocenters. The van der Waals surface area contributed by atoms with Crippen LogP contribution < -0.4 is 5.11 Å².